The minimum absolute atomic E-state index is 0.267. The number of ether oxygens (including phenoxy) is 2. The predicted molar refractivity (Wildman–Crippen MR) is 108 cm³/mol. The van der Waals surface area contributed by atoms with Crippen LogP contribution in [0.4, 0.5) is 5.82 Å². The molecule has 1 fully saturated rings. The van der Waals surface area contributed by atoms with Crippen molar-refractivity contribution in [3.05, 3.63) is 17.6 Å². The van der Waals surface area contributed by atoms with Crippen molar-refractivity contribution in [3.8, 4) is 0 Å². The van der Waals surface area contributed by atoms with Crippen molar-refractivity contribution in [1.82, 2.24) is 18.8 Å². The normalized spacial score (nSPS) is 16.9. The number of aromatic nitrogens is 3. The Morgan fingerprint density at radius 1 is 1.21 bits per heavy atom. The molecule has 28 heavy (non-hydrogen) atoms. The molecule has 0 atom stereocenters. The van der Waals surface area contributed by atoms with Crippen LogP contribution < -0.4 is 5.73 Å². The summed E-state index contributed by atoms with van der Waals surface area (Å²) in [6.45, 7) is 5.30. The molecule has 1 aliphatic rings. The van der Waals surface area contributed by atoms with E-state index >= 15 is 0 Å². The van der Waals surface area contributed by atoms with Gasteiger partial charge in [-0.2, -0.15) is 0 Å². The van der Waals surface area contributed by atoms with E-state index in [2.05, 4.69) is 14.5 Å². The molecule has 2 N–H and O–H groups in total. The van der Waals surface area contributed by atoms with Gasteiger partial charge in [-0.05, 0) is 25.8 Å². The molecule has 9 nitrogen and oxygen atoms in total. The van der Waals surface area contributed by atoms with Crippen LogP contribution in [0.25, 0.3) is 11.0 Å². The maximum absolute atomic E-state index is 11.8. The number of methoxy groups -OCH3 is 1. The highest BCUT2D eigenvalue weighted by atomic mass is 32.2. The number of nitrogens with two attached hydrogens (primary N) is 1. The average molecular weight is 412 g/mol. The minimum atomic E-state index is -3.03. The molecular formula is C18H29N5O4S. The standard InChI is InChI=1S/C18H29N5O4S/c1-14-13-15-17(18(19)20-14)21-16(5-10-26-2)23(15)8-11-27-9-3-6-22-7-4-12-28(22,24)25/h13H,3-12H2,1-2H3,(H2,19,20). The van der Waals surface area contributed by atoms with Crippen LogP contribution in [0.15, 0.2) is 6.07 Å². The minimum Gasteiger partial charge on any atom is -0.384 e. The summed E-state index contributed by atoms with van der Waals surface area (Å²) in [7, 11) is -1.36. The van der Waals surface area contributed by atoms with E-state index in [-0.39, 0.29) is 5.75 Å². The smallest absolute Gasteiger partial charge is 0.214 e. The number of hydrogen-bond acceptors (Lipinski definition) is 7. The van der Waals surface area contributed by atoms with Crippen molar-refractivity contribution in [2.24, 2.45) is 0 Å². The predicted octanol–water partition coefficient (Wildman–Crippen LogP) is 0.953. The van der Waals surface area contributed by atoms with Crippen molar-refractivity contribution in [2.45, 2.75) is 32.7 Å². The second-order valence-electron chi connectivity index (χ2n) is 6.97. The van der Waals surface area contributed by atoms with Crippen molar-refractivity contribution in [2.75, 3.05) is 51.5 Å². The van der Waals surface area contributed by atoms with Crippen LogP contribution in [-0.2, 0) is 32.5 Å². The van der Waals surface area contributed by atoms with Crippen LogP contribution in [0.2, 0.25) is 0 Å². The maximum Gasteiger partial charge on any atom is 0.214 e. The van der Waals surface area contributed by atoms with Gasteiger partial charge >= 0.3 is 0 Å². The summed E-state index contributed by atoms with van der Waals surface area (Å²) in [6, 6.07) is 1.98. The van der Waals surface area contributed by atoms with Gasteiger partial charge in [0.2, 0.25) is 10.0 Å². The highest BCUT2D eigenvalue weighted by Crippen LogP contribution is 2.22. The molecule has 0 aliphatic carbocycles. The van der Waals surface area contributed by atoms with E-state index in [1.165, 1.54) is 0 Å². The molecular weight excluding hydrogens is 382 g/mol. The highest BCUT2D eigenvalue weighted by molar-refractivity contribution is 7.89. The molecule has 0 radical (unpaired) electrons. The van der Waals surface area contributed by atoms with Crippen LogP contribution in [0.1, 0.15) is 24.4 Å². The number of nitrogen functional groups attached to an aromatic ring is 1. The van der Waals surface area contributed by atoms with E-state index in [0.717, 1.165) is 23.5 Å². The third-order valence-electron chi connectivity index (χ3n) is 4.86. The lowest BCUT2D eigenvalue weighted by Crippen LogP contribution is -2.27. The Morgan fingerprint density at radius 3 is 2.75 bits per heavy atom. The number of hydrogen-bond donors (Lipinski definition) is 1. The first-order valence-corrected chi connectivity index (χ1v) is 11.2. The third kappa shape index (κ3) is 4.80. The number of fused-ring (bicyclic) bond motifs is 1. The van der Waals surface area contributed by atoms with E-state index in [1.807, 2.05) is 13.0 Å². The molecule has 2 aromatic heterocycles. The molecule has 156 valence electrons. The van der Waals surface area contributed by atoms with E-state index in [1.54, 1.807) is 11.4 Å². The van der Waals surface area contributed by atoms with Gasteiger partial charge in [-0.1, -0.05) is 0 Å². The zero-order chi connectivity index (χ0) is 20.1. The zero-order valence-corrected chi connectivity index (χ0v) is 17.4. The van der Waals surface area contributed by atoms with Gasteiger partial charge in [-0.3, -0.25) is 0 Å². The van der Waals surface area contributed by atoms with Crippen LogP contribution >= 0.6 is 0 Å². The lowest BCUT2D eigenvalue weighted by atomic mass is 10.3. The highest BCUT2D eigenvalue weighted by Gasteiger charge is 2.27. The number of anilines is 1. The van der Waals surface area contributed by atoms with Crippen molar-refractivity contribution in [3.63, 3.8) is 0 Å². The Hall–Kier alpha value is -1.75. The fourth-order valence-electron chi connectivity index (χ4n) is 3.50. The Bertz CT molecular complexity index is 912. The van der Waals surface area contributed by atoms with Crippen LogP contribution in [0, 0.1) is 6.92 Å². The molecule has 0 aromatic carbocycles. The van der Waals surface area contributed by atoms with E-state index < -0.39 is 10.0 Å². The Balaban J connectivity index is 1.57. The van der Waals surface area contributed by atoms with Gasteiger partial charge in [0.05, 0.1) is 24.5 Å². The summed E-state index contributed by atoms with van der Waals surface area (Å²) < 4.78 is 38.2. The number of imidazole rings is 1. The number of rotatable bonds is 10. The van der Waals surface area contributed by atoms with Crippen LogP contribution in [0.5, 0.6) is 0 Å². The summed E-state index contributed by atoms with van der Waals surface area (Å²) in [5, 5.41) is 0. The summed E-state index contributed by atoms with van der Waals surface area (Å²) in [6.07, 6.45) is 2.09. The fraction of sp³-hybridized carbons (Fsp3) is 0.667. The van der Waals surface area contributed by atoms with E-state index in [4.69, 9.17) is 15.2 Å². The maximum atomic E-state index is 11.8. The second-order valence-corrected chi connectivity index (χ2v) is 9.06. The first-order valence-electron chi connectivity index (χ1n) is 9.59. The van der Waals surface area contributed by atoms with Gasteiger partial charge in [-0.25, -0.2) is 22.7 Å². The molecule has 1 saturated heterocycles. The number of sulfonamides is 1. The second kappa shape index (κ2) is 9.17. The first kappa shape index (κ1) is 21.0. The molecule has 0 amide bonds. The third-order valence-corrected chi connectivity index (χ3v) is 6.82. The van der Waals surface area contributed by atoms with Gasteiger partial charge in [0.25, 0.3) is 0 Å². The fourth-order valence-corrected chi connectivity index (χ4v) is 5.07. The zero-order valence-electron chi connectivity index (χ0n) is 16.6. The largest absolute Gasteiger partial charge is 0.384 e. The Labute approximate surface area is 165 Å². The summed E-state index contributed by atoms with van der Waals surface area (Å²) >= 11 is 0. The SMILES string of the molecule is COCCc1nc2c(N)nc(C)cc2n1CCOCCCN1CCCS1(=O)=O. The summed E-state index contributed by atoms with van der Waals surface area (Å²) in [4.78, 5) is 8.93. The molecule has 0 unspecified atom stereocenters. The average Bonchev–Trinajstić information content (AvgIpc) is 3.16. The summed E-state index contributed by atoms with van der Waals surface area (Å²) in [5.74, 6) is 1.59. The molecule has 3 heterocycles. The van der Waals surface area contributed by atoms with E-state index in [0.29, 0.717) is 63.6 Å². The van der Waals surface area contributed by atoms with Crippen LogP contribution in [-0.4, -0.2) is 73.0 Å². The summed E-state index contributed by atoms with van der Waals surface area (Å²) in [5.41, 5.74) is 8.54. The van der Waals surface area contributed by atoms with Gasteiger partial charge in [0, 0.05) is 45.5 Å². The van der Waals surface area contributed by atoms with Gasteiger partial charge < -0.3 is 19.8 Å². The monoisotopic (exact) mass is 411 g/mol. The van der Waals surface area contributed by atoms with Gasteiger partial charge in [0.1, 0.15) is 11.3 Å². The molecule has 2 aromatic rings. The van der Waals surface area contributed by atoms with Gasteiger partial charge in [0.15, 0.2) is 5.82 Å². The van der Waals surface area contributed by atoms with Crippen molar-refractivity contribution >= 4 is 26.9 Å². The molecule has 0 spiro atoms. The Morgan fingerprint density at radius 2 is 2.04 bits per heavy atom. The lowest BCUT2D eigenvalue weighted by molar-refractivity contribution is 0.120. The molecule has 1 aliphatic heterocycles. The quantitative estimate of drug-likeness (QED) is 0.579. The number of nitrogens with zero attached hydrogens (tertiary/aromatic N) is 4. The molecule has 0 bridgehead atoms. The molecule has 3 rings (SSSR count). The van der Waals surface area contributed by atoms with E-state index in [9.17, 15) is 8.42 Å². The van der Waals surface area contributed by atoms with Crippen molar-refractivity contribution < 1.29 is 17.9 Å². The number of aryl methyl sites for hydroxylation is 1. The van der Waals surface area contributed by atoms with Crippen molar-refractivity contribution in [1.29, 1.82) is 0 Å². The van der Waals surface area contributed by atoms with Gasteiger partial charge in [-0.15, -0.1) is 0 Å². The topological polar surface area (TPSA) is 113 Å². The molecule has 10 heteroatoms. The first-order chi connectivity index (χ1) is 13.4. The lowest BCUT2D eigenvalue weighted by Gasteiger charge is -2.14. The van der Waals surface area contributed by atoms with Crippen LogP contribution in [0.3, 0.4) is 0 Å². The Kier molecular flexibility index (Phi) is 6.86. The molecule has 0 saturated carbocycles. The number of pyridine rings is 1.